The van der Waals surface area contributed by atoms with Gasteiger partial charge in [-0.3, -0.25) is 4.79 Å². The summed E-state index contributed by atoms with van der Waals surface area (Å²) >= 11 is 1.63. The van der Waals surface area contributed by atoms with Gasteiger partial charge >= 0.3 is 0 Å². The lowest BCUT2D eigenvalue weighted by molar-refractivity contribution is -0.154. The van der Waals surface area contributed by atoms with Gasteiger partial charge in [0, 0.05) is 32.6 Å². The monoisotopic (exact) mass is 293 g/mol. The molecule has 1 saturated heterocycles. The van der Waals surface area contributed by atoms with Gasteiger partial charge in [-0.25, -0.2) is 0 Å². The van der Waals surface area contributed by atoms with Crippen molar-refractivity contribution >= 4 is 23.0 Å². The van der Waals surface area contributed by atoms with Gasteiger partial charge in [0.15, 0.2) is 0 Å². The van der Waals surface area contributed by atoms with Gasteiger partial charge in [-0.1, -0.05) is 11.2 Å². The van der Waals surface area contributed by atoms with Gasteiger partial charge in [0.25, 0.3) is 5.91 Å². The molecule has 3 rings (SSSR count). The first-order chi connectivity index (χ1) is 9.58. The molecule has 20 heavy (non-hydrogen) atoms. The normalized spacial score (nSPS) is 27.3. The fraction of sp³-hybridized carbons (Fsp3) is 0.571. The molecule has 1 atom stereocenters. The summed E-state index contributed by atoms with van der Waals surface area (Å²) < 4.78 is 0. The highest BCUT2D eigenvalue weighted by Gasteiger charge is 2.45. The molecule has 5 nitrogen and oxygen atoms in total. The molecule has 6 heteroatoms. The summed E-state index contributed by atoms with van der Waals surface area (Å²) in [4.78, 5) is 23.4. The summed E-state index contributed by atoms with van der Waals surface area (Å²) in [5.41, 5.74) is 0.0415. The van der Waals surface area contributed by atoms with Crippen molar-refractivity contribution in [3.8, 4) is 0 Å². The summed E-state index contributed by atoms with van der Waals surface area (Å²) in [7, 11) is 2.08. The standard InChI is InChI=1S/C14H19N3O2S/c1-14(13(18)17-7-5-16(2)6-8-17)10-11(15-19-14)12-4-3-9-20-12/h3-4,9H,5-8,10H2,1-2H3. The van der Waals surface area contributed by atoms with Crippen LogP contribution in [0.4, 0.5) is 0 Å². The fourth-order valence-corrected chi connectivity index (χ4v) is 3.28. The topological polar surface area (TPSA) is 45.1 Å². The largest absolute Gasteiger partial charge is 0.379 e. The zero-order valence-corrected chi connectivity index (χ0v) is 12.7. The van der Waals surface area contributed by atoms with Gasteiger partial charge in [-0.05, 0) is 25.4 Å². The van der Waals surface area contributed by atoms with Crippen LogP contribution in [0.2, 0.25) is 0 Å². The third-order valence-corrected chi connectivity index (χ3v) is 4.83. The molecule has 0 saturated carbocycles. The van der Waals surface area contributed by atoms with Gasteiger partial charge in [-0.2, -0.15) is 0 Å². The number of likely N-dealkylation sites (N-methyl/N-ethyl adjacent to an activating group) is 1. The Morgan fingerprint density at radius 2 is 2.15 bits per heavy atom. The molecule has 1 unspecified atom stereocenters. The van der Waals surface area contributed by atoms with Gasteiger partial charge in [0.2, 0.25) is 5.60 Å². The van der Waals surface area contributed by atoms with Crippen molar-refractivity contribution in [2.75, 3.05) is 33.2 Å². The van der Waals surface area contributed by atoms with E-state index in [1.807, 2.05) is 29.3 Å². The lowest BCUT2D eigenvalue weighted by atomic mass is 9.97. The average Bonchev–Trinajstić information content (AvgIpc) is 3.08. The number of nitrogens with zero attached hydrogens (tertiary/aromatic N) is 3. The van der Waals surface area contributed by atoms with Crippen LogP contribution in [0, 0.1) is 0 Å². The van der Waals surface area contributed by atoms with Crippen molar-refractivity contribution in [1.29, 1.82) is 0 Å². The second kappa shape index (κ2) is 5.18. The van der Waals surface area contributed by atoms with Crippen LogP contribution >= 0.6 is 11.3 Å². The molecule has 1 aromatic rings. The lowest BCUT2D eigenvalue weighted by Gasteiger charge is -2.36. The minimum Gasteiger partial charge on any atom is -0.379 e. The van der Waals surface area contributed by atoms with Crippen LogP contribution < -0.4 is 0 Å². The molecule has 3 heterocycles. The van der Waals surface area contributed by atoms with E-state index in [-0.39, 0.29) is 5.91 Å². The number of piperazine rings is 1. The summed E-state index contributed by atoms with van der Waals surface area (Å²) in [6.07, 6.45) is 0.554. The number of thiophene rings is 1. The van der Waals surface area contributed by atoms with E-state index in [9.17, 15) is 4.79 Å². The molecular formula is C14H19N3O2S. The van der Waals surface area contributed by atoms with Crippen molar-refractivity contribution in [1.82, 2.24) is 9.80 Å². The van der Waals surface area contributed by atoms with Crippen LogP contribution in [0.15, 0.2) is 22.7 Å². The zero-order valence-electron chi connectivity index (χ0n) is 11.8. The number of oxime groups is 1. The Bertz CT molecular complexity index is 521. The highest BCUT2D eigenvalue weighted by atomic mass is 32.1. The summed E-state index contributed by atoms with van der Waals surface area (Å²) in [6, 6.07) is 4.00. The van der Waals surface area contributed by atoms with Gasteiger partial charge in [0.05, 0.1) is 4.88 Å². The van der Waals surface area contributed by atoms with Crippen LogP contribution in [-0.2, 0) is 9.63 Å². The maximum Gasteiger partial charge on any atom is 0.269 e. The van der Waals surface area contributed by atoms with E-state index < -0.39 is 5.60 Å². The van der Waals surface area contributed by atoms with Crippen molar-refractivity contribution in [3.63, 3.8) is 0 Å². The van der Waals surface area contributed by atoms with Crippen LogP contribution in [0.25, 0.3) is 0 Å². The van der Waals surface area contributed by atoms with Gasteiger partial charge in [0.1, 0.15) is 5.71 Å². The highest BCUT2D eigenvalue weighted by Crippen LogP contribution is 2.30. The van der Waals surface area contributed by atoms with Crippen molar-refractivity contribution < 1.29 is 9.63 Å². The van der Waals surface area contributed by atoms with Gasteiger partial charge in [-0.15, -0.1) is 11.3 Å². The molecule has 0 aliphatic carbocycles. The molecule has 1 fully saturated rings. The predicted molar refractivity (Wildman–Crippen MR) is 79.0 cm³/mol. The van der Waals surface area contributed by atoms with E-state index in [0.29, 0.717) is 6.42 Å². The summed E-state index contributed by atoms with van der Waals surface area (Å²) in [5, 5.41) is 6.14. The fourth-order valence-electron chi connectivity index (χ4n) is 2.57. The lowest BCUT2D eigenvalue weighted by Crippen LogP contribution is -2.54. The minimum atomic E-state index is -0.838. The van der Waals surface area contributed by atoms with Crippen LogP contribution in [0.5, 0.6) is 0 Å². The number of amides is 1. The number of carbonyl (C=O) groups excluding carboxylic acids is 1. The predicted octanol–water partition coefficient (Wildman–Crippen LogP) is 1.41. The number of rotatable bonds is 2. The molecule has 0 aromatic carbocycles. The highest BCUT2D eigenvalue weighted by molar-refractivity contribution is 7.12. The van der Waals surface area contributed by atoms with E-state index in [0.717, 1.165) is 36.8 Å². The Kier molecular flexibility index (Phi) is 3.52. The zero-order chi connectivity index (χ0) is 14.2. The Morgan fingerprint density at radius 1 is 1.40 bits per heavy atom. The molecule has 0 bridgehead atoms. The van der Waals surface area contributed by atoms with Crippen LogP contribution in [0.3, 0.4) is 0 Å². The van der Waals surface area contributed by atoms with Crippen molar-refractivity contribution in [2.45, 2.75) is 18.9 Å². The smallest absolute Gasteiger partial charge is 0.269 e. The van der Waals surface area contributed by atoms with Crippen molar-refractivity contribution in [3.05, 3.63) is 22.4 Å². The molecule has 1 aromatic heterocycles. The molecule has 108 valence electrons. The molecular weight excluding hydrogens is 274 g/mol. The first-order valence-corrected chi connectivity index (χ1v) is 7.73. The van der Waals surface area contributed by atoms with Crippen molar-refractivity contribution in [2.24, 2.45) is 5.16 Å². The third kappa shape index (κ3) is 2.45. The molecule has 1 amide bonds. The number of hydrogen-bond donors (Lipinski definition) is 0. The minimum absolute atomic E-state index is 0.0564. The van der Waals surface area contributed by atoms with Gasteiger partial charge < -0.3 is 14.6 Å². The Balaban J connectivity index is 1.67. The average molecular weight is 293 g/mol. The maximum absolute atomic E-state index is 12.7. The summed E-state index contributed by atoms with van der Waals surface area (Å²) in [6.45, 7) is 5.21. The number of carbonyl (C=O) groups is 1. The summed E-state index contributed by atoms with van der Waals surface area (Å²) in [5.74, 6) is 0.0564. The molecule has 2 aliphatic rings. The van der Waals surface area contributed by atoms with E-state index >= 15 is 0 Å². The third-order valence-electron chi connectivity index (χ3n) is 3.91. The van der Waals surface area contributed by atoms with E-state index in [2.05, 4.69) is 17.1 Å². The molecule has 2 aliphatic heterocycles. The Hall–Kier alpha value is -1.40. The molecule has 0 N–H and O–H groups in total. The van der Waals surface area contributed by atoms with Crippen LogP contribution in [0.1, 0.15) is 18.2 Å². The second-order valence-corrected chi connectivity index (χ2v) is 6.56. The second-order valence-electron chi connectivity index (χ2n) is 5.61. The van der Waals surface area contributed by atoms with E-state index in [1.165, 1.54) is 0 Å². The maximum atomic E-state index is 12.7. The Labute approximate surface area is 122 Å². The Morgan fingerprint density at radius 3 is 2.80 bits per heavy atom. The first kappa shape index (κ1) is 13.6. The molecule has 0 spiro atoms. The molecule has 0 radical (unpaired) electrons. The number of hydrogen-bond acceptors (Lipinski definition) is 5. The van der Waals surface area contributed by atoms with E-state index in [4.69, 9.17) is 4.84 Å². The van der Waals surface area contributed by atoms with Crippen LogP contribution in [-0.4, -0.2) is 60.2 Å². The first-order valence-electron chi connectivity index (χ1n) is 6.85. The SMILES string of the molecule is CN1CCN(C(=O)C2(C)CC(c3cccs3)=NO2)CC1. The van der Waals surface area contributed by atoms with E-state index in [1.54, 1.807) is 11.3 Å². The quantitative estimate of drug-likeness (QED) is 0.828.